The van der Waals surface area contributed by atoms with Crippen LogP contribution in [-0.2, 0) is 19.6 Å². The van der Waals surface area contributed by atoms with Crippen LogP contribution in [0, 0.1) is 23.2 Å². The molecular weight excluding hydrogens is 280 g/mol. The summed E-state index contributed by atoms with van der Waals surface area (Å²) in [5.74, 6) is 1.33. The number of fused-ring (bicyclic) bond motifs is 2. The molecule has 0 saturated heterocycles. The van der Waals surface area contributed by atoms with Gasteiger partial charge in [0.05, 0.1) is 5.41 Å². The second-order valence-electron chi connectivity index (χ2n) is 6.85. The molecule has 3 fully saturated rings. The summed E-state index contributed by atoms with van der Waals surface area (Å²) in [6.45, 7) is -0.238. The molecule has 0 radical (unpaired) electrons. The average Bonchev–Trinajstić information content (AvgIpc) is 2.34. The van der Waals surface area contributed by atoms with E-state index in [9.17, 15) is 13.2 Å². The molecule has 0 spiro atoms. The third-order valence-electron chi connectivity index (χ3n) is 5.58. The first-order valence-electron chi connectivity index (χ1n) is 7.50. The van der Waals surface area contributed by atoms with Crippen molar-refractivity contribution in [2.24, 2.45) is 23.2 Å². The second-order valence-corrected chi connectivity index (χ2v) is 8.42. The first kappa shape index (κ1) is 14.3. The van der Waals surface area contributed by atoms with Crippen molar-refractivity contribution in [3.8, 4) is 0 Å². The van der Waals surface area contributed by atoms with Crippen molar-refractivity contribution in [1.82, 2.24) is 0 Å². The van der Waals surface area contributed by atoms with Crippen LogP contribution < -0.4 is 0 Å². The van der Waals surface area contributed by atoms with E-state index < -0.39 is 15.9 Å². The highest BCUT2D eigenvalue weighted by Gasteiger charge is 2.53. The molecule has 3 bridgehead atoms. The molecule has 3 saturated carbocycles. The van der Waals surface area contributed by atoms with Gasteiger partial charge in [-0.2, -0.15) is 8.42 Å². The number of hydrogen-bond acceptors (Lipinski definition) is 4. The number of rotatable bonds is 4. The molecule has 114 valence electrons. The van der Waals surface area contributed by atoms with Gasteiger partial charge in [-0.1, -0.05) is 6.42 Å². The molecule has 0 heterocycles. The smallest absolute Gasteiger partial charge is 0.312 e. The van der Waals surface area contributed by atoms with E-state index >= 15 is 0 Å². The number of esters is 1. The quantitative estimate of drug-likeness (QED) is 0.635. The first-order valence-corrected chi connectivity index (χ1v) is 9.11. The monoisotopic (exact) mass is 302 g/mol. The van der Waals surface area contributed by atoms with Gasteiger partial charge >= 0.3 is 5.97 Å². The maximum atomic E-state index is 12.4. The van der Waals surface area contributed by atoms with E-state index in [1.54, 1.807) is 0 Å². The molecular formula is C14H22O5S. The van der Waals surface area contributed by atoms with Crippen molar-refractivity contribution in [3.63, 3.8) is 0 Å². The molecule has 5 nitrogen and oxygen atoms in total. The van der Waals surface area contributed by atoms with Crippen LogP contribution in [0.4, 0.5) is 0 Å². The molecule has 1 N–H and O–H groups in total. The largest absolute Gasteiger partial charge is 0.464 e. The summed E-state index contributed by atoms with van der Waals surface area (Å²) in [5.41, 5.74) is -0.371. The standard InChI is InChI=1S/C14H22O5S/c15-13(19-5-6-20(16,17)18)14-4-3-11-2-1-10(8-14)7-12(11)9-14/h10-12H,1-9H2,(H,16,17,18). The Bertz CT molecular complexity index is 496. The molecule has 3 rings (SSSR count). The highest BCUT2D eigenvalue weighted by Crippen LogP contribution is 2.58. The third-order valence-corrected chi connectivity index (χ3v) is 6.26. The first-order chi connectivity index (χ1) is 9.38. The normalized spacial score (nSPS) is 39.5. The van der Waals surface area contributed by atoms with Crippen molar-refractivity contribution in [2.45, 2.75) is 44.9 Å². The molecule has 4 atom stereocenters. The number of hydrogen-bond donors (Lipinski definition) is 1. The zero-order valence-corrected chi connectivity index (χ0v) is 12.4. The minimum absolute atomic E-state index is 0.238. The van der Waals surface area contributed by atoms with E-state index in [0.29, 0.717) is 11.8 Å². The van der Waals surface area contributed by atoms with E-state index in [0.717, 1.165) is 31.6 Å². The van der Waals surface area contributed by atoms with Gasteiger partial charge in [0.15, 0.2) is 0 Å². The zero-order valence-electron chi connectivity index (χ0n) is 11.6. The van der Waals surface area contributed by atoms with Gasteiger partial charge in [-0.05, 0) is 56.3 Å². The summed E-state index contributed by atoms with van der Waals surface area (Å²) in [6, 6.07) is 0. The van der Waals surface area contributed by atoms with Crippen molar-refractivity contribution in [2.75, 3.05) is 12.4 Å². The van der Waals surface area contributed by atoms with E-state index in [1.807, 2.05) is 0 Å². The lowest BCUT2D eigenvalue weighted by Crippen LogP contribution is -2.48. The summed E-state index contributed by atoms with van der Waals surface area (Å²) in [6.07, 6.45) is 7.59. The Kier molecular flexibility index (Phi) is 3.57. The van der Waals surface area contributed by atoms with E-state index in [-0.39, 0.29) is 18.0 Å². The Morgan fingerprint density at radius 1 is 1.20 bits per heavy atom. The maximum Gasteiger partial charge on any atom is 0.312 e. The molecule has 0 aliphatic heterocycles. The van der Waals surface area contributed by atoms with E-state index in [2.05, 4.69) is 0 Å². The van der Waals surface area contributed by atoms with Gasteiger partial charge in [0.2, 0.25) is 0 Å². The highest BCUT2D eigenvalue weighted by molar-refractivity contribution is 7.85. The lowest BCUT2D eigenvalue weighted by molar-refractivity contribution is -0.167. The molecule has 3 aliphatic rings. The summed E-state index contributed by atoms with van der Waals surface area (Å²) in [7, 11) is -4.06. The van der Waals surface area contributed by atoms with Gasteiger partial charge in [0.1, 0.15) is 12.4 Å². The molecule has 0 aromatic rings. The fourth-order valence-corrected chi connectivity index (χ4v) is 5.00. The molecule has 20 heavy (non-hydrogen) atoms. The van der Waals surface area contributed by atoms with Crippen molar-refractivity contribution in [3.05, 3.63) is 0 Å². The average molecular weight is 302 g/mol. The second kappa shape index (κ2) is 4.98. The Hall–Kier alpha value is -0.620. The molecule has 0 aromatic heterocycles. The topological polar surface area (TPSA) is 80.7 Å². The van der Waals surface area contributed by atoms with Gasteiger partial charge in [-0.25, -0.2) is 0 Å². The van der Waals surface area contributed by atoms with Crippen LogP contribution in [-0.4, -0.2) is 31.3 Å². The van der Waals surface area contributed by atoms with Gasteiger partial charge in [0, 0.05) is 0 Å². The van der Waals surface area contributed by atoms with Crippen LogP contribution in [0.25, 0.3) is 0 Å². The van der Waals surface area contributed by atoms with Gasteiger partial charge in [-0.3, -0.25) is 9.35 Å². The number of ether oxygens (including phenoxy) is 1. The minimum Gasteiger partial charge on any atom is -0.464 e. The van der Waals surface area contributed by atoms with E-state index in [4.69, 9.17) is 9.29 Å². The molecule has 4 unspecified atom stereocenters. The summed E-state index contributed by atoms with van der Waals surface area (Å²) in [4.78, 5) is 12.4. The summed E-state index contributed by atoms with van der Waals surface area (Å²) >= 11 is 0. The SMILES string of the molecule is O=C(OCCS(=O)(=O)O)C12CCC3CCC(CC3C1)C2. The van der Waals surface area contributed by atoms with Crippen molar-refractivity contribution in [1.29, 1.82) is 0 Å². The molecule has 6 heteroatoms. The van der Waals surface area contributed by atoms with Gasteiger partial charge < -0.3 is 4.74 Å². The molecule has 3 aliphatic carbocycles. The molecule has 0 aromatic carbocycles. The third kappa shape index (κ3) is 2.72. The van der Waals surface area contributed by atoms with Crippen LogP contribution in [0.5, 0.6) is 0 Å². The maximum absolute atomic E-state index is 12.4. The Balaban J connectivity index is 1.65. The predicted octanol–water partition coefficient (Wildman–Crippen LogP) is 2.02. The fourth-order valence-electron chi connectivity index (χ4n) is 4.70. The van der Waals surface area contributed by atoms with Crippen LogP contribution in [0.15, 0.2) is 0 Å². The van der Waals surface area contributed by atoms with Crippen LogP contribution >= 0.6 is 0 Å². The zero-order chi connectivity index (χ0) is 14.4. The minimum atomic E-state index is -4.06. The fraction of sp³-hybridized carbons (Fsp3) is 0.929. The highest BCUT2D eigenvalue weighted by atomic mass is 32.2. The van der Waals surface area contributed by atoms with Crippen LogP contribution in [0.2, 0.25) is 0 Å². The Morgan fingerprint density at radius 2 is 2.00 bits per heavy atom. The Morgan fingerprint density at radius 3 is 2.75 bits per heavy atom. The summed E-state index contributed by atoms with van der Waals surface area (Å²) in [5, 5.41) is 0. The number of carbonyl (C=O) groups excluding carboxylic acids is 1. The van der Waals surface area contributed by atoms with Crippen LogP contribution in [0.3, 0.4) is 0 Å². The van der Waals surface area contributed by atoms with E-state index in [1.165, 1.54) is 19.3 Å². The number of carbonyl (C=O) groups is 1. The molecule has 0 amide bonds. The predicted molar refractivity (Wildman–Crippen MR) is 72.6 cm³/mol. The van der Waals surface area contributed by atoms with Crippen molar-refractivity contribution >= 4 is 16.1 Å². The lowest BCUT2D eigenvalue weighted by Gasteiger charge is -2.53. The van der Waals surface area contributed by atoms with Crippen molar-refractivity contribution < 1.29 is 22.5 Å². The van der Waals surface area contributed by atoms with Gasteiger partial charge in [0.25, 0.3) is 10.1 Å². The van der Waals surface area contributed by atoms with Crippen LogP contribution in [0.1, 0.15) is 44.9 Å². The Labute approximate surface area is 119 Å². The summed E-state index contributed by atoms with van der Waals surface area (Å²) < 4.78 is 35.2. The lowest BCUT2D eigenvalue weighted by atomic mass is 9.51. The van der Waals surface area contributed by atoms with Gasteiger partial charge in [-0.15, -0.1) is 0 Å².